The molecule has 0 aliphatic heterocycles. The fourth-order valence-electron chi connectivity index (χ4n) is 1.27. The minimum absolute atomic E-state index is 0.416. The summed E-state index contributed by atoms with van der Waals surface area (Å²) in [5.74, 6) is 0.847. The minimum Gasteiger partial charge on any atom is -0.369 e. The Labute approximate surface area is 88.4 Å². The number of H-pyrrole nitrogens is 1. The zero-order valence-electron chi connectivity index (χ0n) is 6.64. The average molecular weight is 261 g/mol. The fourth-order valence-corrected chi connectivity index (χ4v) is 1.98. The molecule has 1 aromatic heterocycles. The third-order valence-electron chi connectivity index (χ3n) is 1.79. The summed E-state index contributed by atoms with van der Waals surface area (Å²) >= 11 is 9.16. The van der Waals surface area contributed by atoms with E-state index < -0.39 is 0 Å². The van der Waals surface area contributed by atoms with Crippen molar-refractivity contribution in [3.05, 3.63) is 22.2 Å². The number of nitrogens with two attached hydrogens (primary N) is 1. The van der Waals surface area contributed by atoms with Crippen LogP contribution < -0.4 is 5.73 Å². The molecular weight excluding hydrogens is 253 g/mol. The predicted molar refractivity (Wildman–Crippen MR) is 57.8 cm³/mol. The van der Waals surface area contributed by atoms with Crippen LogP contribution in [0.1, 0.15) is 5.56 Å². The number of aromatic amines is 1. The van der Waals surface area contributed by atoms with Crippen molar-refractivity contribution >= 4 is 44.5 Å². The number of aromatic nitrogens is 2. The Bertz CT molecular complexity index is 452. The van der Waals surface area contributed by atoms with E-state index in [-0.39, 0.29) is 0 Å². The van der Waals surface area contributed by atoms with Gasteiger partial charge in [0, 0.05) is 10.4 Å². The van der Waals surface area contributed by atoms with E-state index >= 15 is 0 Å². The molecule has 3 N–H and O–H groups in total. The van der Waals surface area contributed by atoms with Gasteiger partial charge in [-0.3, -0.25) is 0 Å². The van der Waals surface area contributed by atoms with Crippen molar-refractivity contribution < 1.29 is 0 Å². The molecule has 0 radical (unpaired) electrons. The van der Waals surface area contributed by atoms with Gasteiger partial charge in [0.25, 0.3) is 0 Å². The molecule has 68 valence electrons. The van der Waals surface area contributed by atoms with Gasteiger partial charge in [0.2, 0.25) is 0 Å². The topological polar surface area (TPSA) is 54.7 Å². The lowest BCUT2D eigenvalue weighted by Crippen LogP contribution is -1.85. The van der Waals surface area contributed by atoms with E-state index in [9.17, 15) is 0 Å². The van der Waals surface area contributed by atoms with Gasteiger partial charge in [-0.1, -0.05) is 15.9 Å². The molecule has 3 nitrogen and oxygen atoms in total. The third kappa shape index (κ3) is 1.51. The van der Waals surface area contributed by atoms with Gasteiger partial charge < -0.3 is 10.7 Å². The van der Waals surface area contributed by atoms with Crippen molar-refractivity contribution in [3.63, 3.8) is 0 Å². The molecule has 0 amide bonds. The number of nitrogens with one attached hydrogen (secondary N) is 1. The van der Waals surface area contributed by atoms with Gasteiger partial charge in [-0.05, 0) is 17.7 Å². The van der Waals surface area contributed by atoms with Crippen molar-refractivity contribution in [1.82, 2.24) is 9.97 Å². The van der Waals surface area contributed by atoms with Gasteiger partial charge in [-0.2, -0.15) is 0 Å². The molecule has 0 unspecified atom stereocenters. The number of anilines is 1. The van der Waals surface area contributed by atoms with Crippen LogP contribution in [0.4, 0.5) is 5.95 Å². The Hall–Kier alpha value is -0.740. The van der Waals surface area contributed by atoms with Crippen LogP contribution in [0.15, 0.2) is 16.6 Å². The van der Waals surface area contributed by atoms with Gasteiger partial charge in [-0.25, -0.2) is 4.98 Å². The highest BCUT2D eigenvalue weighted by Crippen LogP contribution is 2.24. The molecule has 5 heteroatoms. The van der Waals surface area contributed by atoms with Crippen molar-refractivity contribution in [2.75, 3.05) is 5.73 Å². The molecule has 0 aliphatic rings. The number of rotatable bonds is 1. The summed E-state index contributed by atoms with van der Waals surface area (Å²) in [5, 5.41) is 0. The highest BCUT2D eigenvalue weighted by atomic mass is 79.9. The van der Waals surface area contributed by atoms with Crippen molar-refractivity contribution in [1.29, 1.82) is 0 Å². The lowest BCUT2D eigenvalue weighted by molar-refractivity contribution is 1.34. The molecule has 1 heterocycles. The zero-order valence-corrected chi connectivity index (χ0v) is 8.98. The summed E-state index contributed by atoms with van der Waals surface area (Å²) in [7, 11) is 0. The number of halogens is 2. The van der Waals surface area contributed by atoms with E-state index in [0.29, 0.717) is 11.8 Å². The van der Waals surface area contributed by atoms with Gasteiger partial charge in [0.15, 0.2) is 5.95 Å². The number of nitrogen functional groups attached to an aromatic ring is 1. The number of imidazole rings is 1. The number of alkyl halides is 1. The standard InChI is InChI=1S/C8H7BrClN3/c9-5-1-4(3-10)7-6(2-5)12-8(11)13-7/h1-2H,3H2,(H3,11,12,13). The Morgan fingerprint density at radius 1 is 1.54 bits per heavy atom. The highest BCUT2D eigenvalue weighted by molar-refractivity contribution is 9.10. The molecule has 0 saturated heterocycles. The summed E-state index contributed by atoms with van der Waals surface area (Å²) in [6, 6.07) is 3.87. The molecule has 1 aromatic carbocycles. The Balaban J connectivity index is 2.80. The monoisotopic (exact) mass is 259 g/mol. The summed E-state index contributed by atoms with van der Waals surface area (Å²) in [5.41, 5.74) is 8.26. The first kappa shape index (κ1) is 8.84. The maximum Gasteiger partial charge on any atom is 0.198 e. The highest BCUT2D eigenvalue weighted by Gasteiger charge is 2.06. The largest absolute Gasteiger partial charge is 0.369 e. The smallest absolute Gasteiger partial charge is 0.198 e. The normalized spacial score (nSPS) is 10.9. The Morgan fingerprint density at radius 2 is 2.31 bits per heavy atom. The predicted octanol–water partition coefficient (Wildman–Crippen LogP) is 2.65. The molecule has 0 bridgehead atoms. The summed E-state index contributed by atoms with van der Waals surface area (Å²) in [6.07, 6.45) is 0. The SMILES string of the molecule is Nc1nc2c(CCl)cc(Br)cc2[nH]1. The van der Waals surface area contributed by atoms with E-state index in [1.54, 1.807) is 0 Å². The second-order valence-electron chi connectivity index (χ2n) is 2.72. The average Bonchev–Trinajstić information content (AvgIpc) is 2.43. The Kier molecular flexibility index (Phi) is 2.17. The van der Waals surface area contributed by atoms with E-state index in [4.69, 9.17) is 17.3 Å². The van der Waals surface area contributed by atoms with Gasteiger partial charge in [0.1, 0.15) is 0 Å². The number of hydrogen-bond acceptors (Lipinski definition) is 2. The van der Waals surface area contributed by atoms with Gasteiger partial charge >= 0.3 is 0 Å². The number of nitrogens with zero attached hydrogens (tertiary/aromatic N) is 1. The molecule has 0 spiro atoms. The maximum atomic E-state index is 5.77. The van der Waals surface area contributed by atoms with Gasteiger partial charge in [0.05, 0.1) is 11.0 Å². The number of hydrogen-bond donors (Lipinski definition) is 2. The number of fused-ring (bicyclic) bond motifs is 1. The Morgan fingerprint density at radius 3 is 3.00 bits per heavy atom. The second-order valence-corrected chi connectivity index (χ2v) is 3.90. The fraction of sp³-hybridized carbons (Fsp3) is 0.125. The molecule has 2 rings (SSSR count). The maximum absolute atomic E-state index is 5.77. The lowest BCUT2D eigenvalue weighted by atomic mass is 10.2. The van der Waals surface area contributed by atoms with Crippen LogP contribution in [0, 0.1) is 0 Å². The van der Waals surface area contributed by atoms with Crippen LogP contribution >= 0.6 is 27.5 Å². The molecule has 0 fully saturated rings. The first-order chi connectivity index (χ1) is 6.20. The van der Waals surface area contributed by atoms with E-state index in [1.807, 2.05) is 12.1 Å². The molecule has 0 saturated carbocycles. The molecule has 2 aromatic rings. The summed E-state index contributed by atoms with van der Waals surface area (Å²) < 4.78 is 0.972. The van der Waals surface area contributed by atoms with Crippen LogP contribution in [-0.4, -0.2) is 9.97 Å². The van der Waals surface area contributed by atoms with Crippen LogP contribution in [-0.2, 0) is 5.88 Å². The number of benzene rings is 1. The van der Waals surface area contributed by atoms with Crippen molar-refractivity contribution in [2.24, 2.45) is 0 Å². The summed E-state index contributed by atoms with van der Waals surface area (Å²) in [4.78, 5) is 7.09. The van der Waals surface area contributed by atoms with E-state index in [1.165, 1.54) is 0 Å². The van der Waals surface area contributed by atoms with Crippen molar-refractivity contribution in [2.45, 2.75) is 5.88 Å². The molecule has 13 heavy (non-hydrogen) atoms. The van der Waals surface area contributed by atoms with Crippen LogP contribution in [0.25, 0.3) is 11.0 Å². The first-order valence-electron chi connectivity index (χ1n) is 3.70. The molecule has 0 aliphatic carbocycles. The van der Waals surface area contributed by atoms with Crippen LogP contribution in [0.5, 0.6) is 0 Å². The third-order valence-corrected chi connectivity index (χ3v) is 2.54. The first-order valence-corrected chi connectivity index (χ1v) is 5.03. The minimum atomic E-state index is 0.416. The van der Waals surface area contributed by atoms with E-state index in [2.05, 4.69) is 25.9 Å². The van der Waals surface area contributed by atoms with Crippen LogP contribution in [0.2, 0.25) is 0 Å². The quantitative estimate of drug-likeness (QED) is 0.775. The zero-order chi connectivity index (χ0) is 9.42. The van der Waals surface area contributed by atoms with Crippen LogP contribution in [0.3, 0.4) is 0 Å². The van der Waals surface area contributed by atoms with Gasteiger partial charge in [-0.15, -0.1) is 11.6 Å². The summed E-state index contributed by atoms with van der Waals surface area (Å²) in [6.45, 7) is 0. The second kappa shape index (κ2) is 3.20. The van der Waals surface area contributed by atoms with E-state index in [0.717, 1.165) is 21.1 Å². The lowest BCUT2D eigenvalue weighted by Gasteiger charge is -1.97. The molecule has 0 atom stereocenters. The van der Waals surface area contributed by atoms with Crippen molar-refractivity contribution in [3.8, 4) is 0 Å². The molecular formula is C8H7BrClN3.